The number of hydrogen-bond donors (Lipinski definition) is 3. The molecule has 0 bridgehead atoms. The fraction of sp³-hybridized carbons (Fsp3) is 0.500. The number of carbonyl (C=O) groups excluding carboxylic acids is 1. The van der Waals surface area contributed by atoms with E-state index in [-0.39, 0.29) is 11.0 Å². The minimum Gasteiger partial charge on any atom is -0.447 e. The lowest BCUT2D eigenvalue weighted by atomic mass is 10.2. The van der Waals surface area contributed by atoms with Gasteiger partial charge in [0.1, 0.15) is 5.76 Å². The highest BCUT2D eigenvalue weighted by atomic mass is 32.2. The molecule has 0 saturated carbocycles. The molecule has 5 N–H and O–H groups in total. The van der Waals surface area contributed by atoms with Crippen molar-refractivity contribution in [3.05, 3.63) is 17.9 Å². The van der Waals surface area contributed by atoms with Gasteiger partial charge in [0.15, 0.2) is 0 Å². The maximum atomic E-state index is 10.9. The molecule has 1 aromatic heterocycles. The van der Waals surface area contributed by atoms with Crippen LogP contribution in [0.5, 0.6) is 0 Å². The highest BCUT2D eigenvalue weighted by molar-refractivity contribution is 7.89. The van der Waals surface area contributed by atoms with E-state index in [1.807, 2.05) is 0 Å². The van der Waals surface area contributed by atoms with Gasteiger partial charge >= 0.3 is 0 Å². The number of nitrogens with two attached hydrogens (primary N) is 2. The average Bonchev–Trinajstić information content (AvgIpc) is 2.71. The predicted octanol–water partition coefficient (Wildman–Crippen LogP) is -0.328. The Morgan fingerprint density at radius 2 is 2.06 bits per heavy atom. The van der Waals surface area contributed by atoms with Gasteiger partial charge in [-0.25, -0.2) is 13.6 Å². The molecule has 1 aromatic rings. The van der Waals surface area contributed by atoms with Gasteiger partial charge in [0.2, 0.25) is 11.0 Å². The van der Waals surface area contributed by atoms with Crippen LogP contribution in [0.3, 0.4) is 0 Å². The van der Waals surface area contributed by atoms with Gasteiger partial charge in [0.25, 0.3) is 10.0 Å². The first-order valence-electron chi connectivity index (χ1n) is 5.50. The quantitative estimate of drug-likeness (QED) is 0.560. The Hall–Kier alpha value is -1.38. The van der Waals surface area contributed by atoms with E-state index in [0.717, 1.165) is 12.8 Å². The summed E-state index contributed by atoms with van der Waals surface area (Å²) in [6.07, 6.45) is 1.91. The smallest absolute Gasteiger partial charge is 0.271 e. The summed E-state index contributed by atoms with van der Waals surface area (Å²) in [5.74, 6) is 0.188. The fourth-order valence-corrected chi connectivity index (χ4v) is 1.85. The fourth-order valence-electron chi connectivity index (χ4n) is 1.37. The van der Waals surface area contributed by atoms with E-state index in [9.17, 15) is 13.2 Å². The number of carbonyl (C=O) groups is 1. The second-order valence-electron chi connectivity index (χ2n) is 3.87. The van der Waals surface area contributed by atoms with Crippen LogP contribution in [-0.4, -0.2) is 20.9 Å². The van der Waals surface area contributed by atoms with Crippen molar-refractivity contribution in [3.63, 3.8) is 0 Å². The first kappa shape index (κ1) is 14.7. The number of furan rings is 1. The zero-order chi connectivity index (χ0) is 13.6. The standard InChI is InChI=1S/C10H17N3O4S/c11-9(14)3-1-2-6-13-7-8-4-5-10(17-8)18(12,15)16/h4-5,13H,1-3,6-7H2,(H2,11,14)(H2,12,15,16). The molecule has 102 valence electrons. The molecule has 1 amide bonds. The van der Waals surface area contributed by atoms with Crippen molar-refractivity contribution in [2.24, 2.45) is 10.9 Å². The Kier molecular flexibility index (Phi) is 5.32. The van der Waals surface area contributed by atoms with Crippen molar-refractivity contribution in [2.45, 2.75) is 30.9 Å². The number of sulfonamides is 1. The zero-order valence-corrected chi connectivity index (χ0v) is 10.7. The lowest BCUT2D eigenvalue weighted by molar-refractivity contribution is -0.118. The van der Waals surface area contributed by atoms with Gasteiger partial charge < -0.3 is 15.5 Å². The summed E-state index contributed by atoms with van der Waals surface area (Å²) in [5.41, 5.74) is 5.00. The van der Waals surface area contributed by atoms with Crippen molar-refractivity contribution in [2.75, 3.05) is 6.54 Å². The van der Waals surface area contributed by atoms with Crippen LogP contribution in [0.25, 0.3) is 0 Å². The molecule has 0 atom stereocenters. The number of rotatable bonds is 8. The third-order valence-corrected chi connectivity index (χ3v) is 3.02. The molecule has 0 aliphatic heterocycles. The zero-order valence-electron chi connectivity index (χ0n) is 9.89. The highest BCUT2D eigenvalue weighted by Crippen LogP contribution is 2.11. The molecule has 0 spiro atoms. The van der Waals surface area contributed by atoms with Crippen LogP contribution in [0.15, 0.2) is 21.6 Å². The molecular weight excluding hydrogens is 258 g/mol. The Bertz CT molecular complexity index is 495. The number of amides is 1. The lowest BCUT2D eigenvalue weighted by Crippen LogP contribution is -2.16. The van der Waals surface area contributed by atoms with Gasteiger partial charge in [-0.05, 0) is 31.5 Å². The molecule has 18 heavy (non-hydrogen) atoms. The van der Waals surface area contributed by atoms with Crippen LogP contribution in [0, 0.1) is 0 Å². The molecule has 0 unspecified atom stereocenters. The summed E-state index contributed by atoms with van der Waals surface area (Å²) in [4.78, 5) is 10.5. The van der Waals surface area contributed by atoms with Crippen LogP contribution >= 0.6 is 0 Å². The van der Waals surface area contributed by atoms with Crippen LogP contribution in [-0.2, 0) is 21.4 Å². The van der Waals surface area contributed by atoms with E-state index in [4.69, 9.17) is 15.3 Å². The summed E-state index contributed by atoms with van der Waals surface area (Å²) in [6.45, 7) is 1.10. The maximum absolute atomic E-state index is 10.9. The van der Waals surface area contributed by atoms with Crippen LogP contribution in [0.1, 0.15) is 25.0 Å². The second kappa shape index (κ2) is 6.53. The molecule has 0 aliphatic rings. The summed E-state index contributed by atoms with van der Waals surface area (Å²) in [5, 5.41) is 7.72. The number of hydrogen-bond acceptors (Lipinski definition) is 5. The molecule has 0 aromatic carbocycles. The number of unbranched alkanes of at least 4 members (excludes halogenated alkanes) is 1. The first-order valence-corrected chi connectivity index (χ1v) is 7.05. The lowest BCUT2D eigenvalue weighted by Gasteiger charge is -2.01. The topological polar surface area (TPSA) is 128 Å². The monoisotopic (exact) mass is 275 g/mol. The number of primary sulfonamides is 1. The van der Waals surface area contributed by atoms with Crippen molar-refractivity contribution in [1.29, 1.82) is 0 Å². The van der Waals surface area contributed by atoms with E-state index >= 15 is 0 Å². The van der Waals surface area contributed by atoms with Crippen LogP contribution < -0.4 is 16.2 Å². The molecule has 0 radical (unpaired) electrons. The van der Waals surface area contributed by atoms with Gasteiger partial charge in [-0.3, -0.25) is 4.79 Å². The summed E-state index contributed by atoms with van der Waals surface area (Å²) in [7, 11) is -3.78. The predicted molar refractivity (Wildman–Crippen MR) is 64.8 cm³/mol. The molecule has 0 aliphatic carbocycles. The van der Waals surface area contributed by atoms with E-state index in [1.54, 1.807) is 6.07 Å². The third-order valence-electron chi connectivity index (χ3n) is 2.24. The van der Waals surface area contributed by atoms with Crippen molar-refractivity contribution >= 4 is 15.9 Å². The molecule has 0 saturated heterocycles. The van der Waals surface area contributed by atoms with Gasteiger partial charge in [0, 0.05) is 6.42 Å². The average molecular weight is 275 g/mol. The van der Waals surface area contributed by atoms with E-state index in [1.165, 1.54) is 6.07 Å². The number of nitrogens with one attached hydrogen (secondary N) is 1. The Balaban J connectivity index is 2.24. The summed E-state index contributed by atoms with van der Waals surface area (Å²) in [6, 6.07) is 2.87. The number of primary amides is 1. The molecule has 0 fully saturated rings. The Labute approximate surface area is 106 Å². The SMILES string of the molecule is NC(=O)CCCCNCc1ccc(S(N)(=O)=O)o1. The Morgan fingerprint density at radius 1 is 1.33 bits per heavy atom. The summed E-state index contributed by atoms with van der Waals surface area (Å²) < 4.78 is 26.9. The molecule has 7 nitrogen and oxygen atoms in total. The van der Waals surface area contributed by atoms with Gasteiger partial charge in [-0.1, -0.05) is 0 Å². The van der Waals surface area contributed by atoms with Crippen LogP contribution in [0.4, 0.5) is 0 Å². The molecule has 1 heterocycles. The maximum Gasteiger partial charge on any atom is 0.271 e. The molecule has 8 heteroatoms. The Morgan fingerprint density at radius 3 is 2.61 bits per heavy atom. The first-order chi connectivity index (χ1) is 8.39. The highest BCUT2D eigenvalue weighted by Gasteiger charge is 2.12. The van der Waals surface area contributed by atoms with Crippen molar-refractivity contribution in [3.8, 4) is 0 Å². The van der Waals surface area contributed by atoms with E-state index in [2.05, 4.69) is 5.32 Å². The largest absolute Gasteiger partial charge is 0.447 e. The molecule has 1 rings (SSSR count). The van der Waals surface area contributed by atoms with E-state index < -0.39 is 10.0 Å². The van der Waals surface area contributed by atoms with Crippen molar-refractivity contribution < 1.29 is 17.6 Å². The second-order valence-corrected chi connectivity index (χ2v) is 5.36. The normalized spacial score (nSPS) is 11.6. The van der Waals surface area contributed by atoms with E-state index in [0.29, 0.717) is 25.3 Å². The van der Waals surface area contributed by atoms with Gasteiger partial charge in [-0.15, -0.1) is 0 Å². The minimum absolute atomic E-state index is 0.243. The van der Waals surface area contributed by atoms with Crippen LogP contribution in [0.2, 0.25) is 0 Å². The summed E-state index contributed by atoms with van der Waals surface area (Å²) >= 11 is 0. The van der Waals surface area contributed by atoms with Crippen molar-refractivity contribution in [1.82, 2.24) is 5.32 Å². The molecular formula is C10H17N3O4S. The minimum atomic E-state index is -3.78. The van der Waals surface area contributed by atoms with Gasteiger partial charge in [-0.2, -0.15) is 0 Å². The van der Waals surface area contributed by atoms with Gasteiger partial charge in [0.05, 0.1) is 6.54 Å². The third kappa shape index (κ3) is 5.30.